The number of anilines is 1. The van der Waals surface area contributed by atoms with Gasteiger partial charge in [-0.3, -0.25) is 0 Å². The van der Waals surface area contributed by atoms with Gasteiger partial charge in [-0.1, -0.05) is 26.2 Å². The lowest BCUT2D eigenvalue weighted by atomic mass is 9.81. The van der Waals surface area contributed by atoms with Crippen molar-refractivity contribution in [3.8, 4) is 0 Å². The fraction of sp³-hybridized carbons (Fsp3) is 0.812. The Hall–Kier alpha value is -0.990. The predicted molar refractivity (Wildman–Crippen MR) is 79.3 cm³/mol. The van der Waals surface area contributed by atoms with E-state index < -0.39 is 0 Å². The van der Waals surface area contributed by atoms with Crippen LogP contribution in [0, 0.1) is 18.8 Å². The maximum absolute atomic E-state index is 4.64. The summed E-state index contributed by atoms with van der Waals surface area (Å²) >= 11 is 0. The number of nitrogens with one attached hydrogen (secondary N) is 1. The minimum absolute atomic E-state index is 0.691. The van der Waals surface area contributed by atoms with E-state index in [9.17, 15) is 0 Å². The first-order valence-corrected chi connectivity index (χ1v) is 8.05. The first-order chi connectivity index (χ1) is 9.24. The highest BCUT2D eigenvalue weighted by Crippen LogP contribution is 2.32. The Morgan fingerprint density at radius 2 is 1.84 bits per heavy atom. The van der Waals surface area contributed by atoms with Crippen LogP contribution in [0.15, 0.2) is 6.20 Å². The van der Waals surface area contributed by atoms with Crippen LogP contribution in [0.5, 0.6) is 0 Å². The van der Waals surface area contributed by atoms with Crippen molar-refractivity contribution < 1.29 is 0 Å². The number of hydrogen-bond acceptors (Lipinski definition) is 2. The van der Waals surface area contributed by atoms with E-state index in [0.717, 1.165) is 30.0 Å². The van der Waals surface area contributed by atoms with Crippen molar-refractivity contribution in [2.24, 2.45) is 11.8 Å². The molecule has 1 aromatic rings. The summed E-state index contributed by atoms with van der Waals surface area (Å²) in [7, 11) is 0. The van der Waals surface area contributed by atoms with Gasteiger partial charge in [-0.25, -0.2) is 4.98 Å². The van der Waals surface area contributed by atoms with Gasteiger partial charge < -0.3 is 9.88 Å². The molecule has 2 aliphatic carbocycles. The molecule has 0 saturated heterocycles. The monoisotopic (exact) mass is 261 g/mol. The first kappa shape index (κ1) is 13.0. The number of rotatable bonds is 5. The zero-order valence-electron chi connectivity index (χ0n) is 12.4. The van der Waals surface area contributed by atoms with Crippen LogP contribution in [0.25, 0.3) is 0 Å². The molecule has 0 spiro atoms. The Kier molecular flexibility index (Phi) is 3.81. The molecule has 0 aliphatic heterocycles. The maximum Gasteiger partial charge on any atom is 0.203 e. The molecule has 0 radical (unpaired) electrons. The second-order valence-electron chi connectivity index (χ2n) is 6.57. The van der Waals surface area contributed by atoms with Gasteiger partial charge in [0.2, 0.25) is 5.95 Å². The lowest BCUT2D eigenvalue weighted by Gasteiger charge is -2.28. The third-order valence-electron chi connectivity index (χ3n) is 4.81. The SMILES string of the molecule is CCC1CCC(Cn2cc(C)nc2NC2CC2)CC1. The first-order valence-electron chi connectivity index (χ1n) is 8.05. The van der Waals surface area contributed by atoms with Crippen LogP contribution >= 0.6 is 0 Å². The van der Waals surface area contributed by atoms with Gasteiger partial charge in [0, 0.05) is 18.8 Å². The molecule has 0 aromatic carbocycles. The molecule has 0 atom stereocenters. The lowest BCUT2D eigenvalue weighted by Crippen LogP contribution is -2.20. The minimum atomic E-state index is 0.691. The van der Waals surface area contributed by atoms with Crippen LogP contribution in [0.1, 0.15) is 57.6 Å². The molecule has 2 aliphatic rings. The van der Waals surface area contributed by atoms with E-state index in [2.05, 4.69) is 34.9 Å². The molecule has 0 bridgehead atoms. The molecule has 1 aromatic heterocycles. The zero-order chi connectivity index (χ0) is 13.2. The van der Waals surface area contributed by atoms with Crippen LogP contribution in [0.3, 0.4) is 0 Å². The predicted octanol–water partition coefficient (Wildman–Crippen LogP) is 3.98. The average molecular weight is 261 g/mol. The van der Waals surface area contributed by atoms with E-state index in [1.165, 1.54) is 44.9 Å². The maximum atomic E-state index is 4.64. The van der Waals surface area contributed by atoms with Gasteiger partial charge in [-0.15, -0.1) is 0 Å². The van der Waals surface area contributed by atoms with Crippen molar-refractivity contribution in [2.45, 2.75) is 71.4 Å². The van der Waals surface area contributed by atoms with Gasteiger partial charge in [-0.2, -0.15) is 0 Å². The quantitative estimate of drug-likeness (QED) is 0.868. The van der Waals surface area contributed by atoms with Crippen molar-refractivity contribution in [3.05, 3.63) is 11.9 Å². The summed E-state index contributed by atoms with van der Waals surface area (Å²) in [5, 5.41) is 3.57. The van der Waals surface area contributed by atoms with E-state index in [-0.39, 0.29) is 0 Å². The summed E-state index contributed by atoms with van der Waals surface area (Å²) < 4.78 is 2.37. The molecule has 3 nitrogen and oxygen atoms in total. The fourth-order valence-corrected chi connectivity index (χ4v) is 3.31. The molecule has 19 heavy (non-hydrogen) atoms. The number of hydrogen-bond donors (Lipinski definition) is 1. The van der Waals surface area contributed by atoms with Gasteiger partial charge in [0.05, 0.1) is 5.69 Å². The Labute approximate surface area is 116 Å². The van der Waals surface area contributed by atoms with E-state index >= 15 is 0 Å². The third kappa shape index (κ3) is 3.31. The van der Waals surface area contributed by atoms with E-state index in [1.807, 2.05) is 0 Å². The number of aryl methyl sites for hydroxylation is 1. The molecule has 1 heterocycles. The minimum Gasteiger partial charge on any atom is -0.353 e. The van der Waals surface area contributed by atoms with Crippen LogP contribution in [0.2, 0.25) is 0 Å². The van der Waals surface area contributed by atoms with E-state index in [0.29, 0.717) is 6.04 Å². The Balaban J connectivity index is 1.59. The van der Waals surface area contributed by atoms with Gasteiger partial charge in [-0.05, 0) is 44.4 Å². The summed E-state index contributed by atoms with van der Waals surface area (Å²) in [5.41, 5.74) is 1.14. The number of imidazole rings is 1. The second-order valence-corrected chi connectivity index (χ2v) is 6.57. The molecule has 0 unspecified atom stereocenters. The number of aromatic nitrogens is 2. The highest BCUT2D eigenvalue weighted by molar-refractivity contribution is 5.32. The lowest BCUT2D eigenvalue weighted by molar-refractivity contribution is 0.248. The number of nitrogens with zero attached hydrogens (tertiary/aromatic N) is 2. The van der Waals surface area contributed by atoms with E-state index in [1.54, 1.807) is 0 Å². The smallest absolute Gasteiger partial charge is 0.203 e. The Morgan fingerprint density at radius 3 is 2.47 bits per heavy atom. The Bertz CT molecular complexity index is 412. The molecule has 3 rings (SSSR count). The summed E-state index contributed by atoms with van der Waals surface area (Å²) in [6.07, 6.45) is 11.9. The molecular weight excluding hydrogens is 234 g/mol. The van der Waals surface area contributed by atoms with Crippen LogP contribution in [-0.4, -0.2) is 15.6 Å². The van der Waals surface area contributed by atoms with Crippen molar-refractivity contribution in [1.82, 2.24) is 9.55 Å². The summed E-state index contributed by atoms with van der Waals surface area (Å²) in [6.45, 7) is 5.59. The van der Waals surface area contributed by atoms with Gasteiger partial charge in [0.25, 0.3) is 0 Å². The summed E-state index contributed by atoms with van der Waals surface area (Å²) in [4.78, 5) is 4.64. The molecule has 3 heteroatoms. The molecule has 2 fully saturated rings. The van der Waals surface area contributed by atoms with Crippen LogP contribution < -0.4 is 5.32 Å². The zero-order valence-corrected chi connectivity index (χ0v) is 12.4. The highest BCUT2D eigenvalue weighted by atomic mass is 15.2. The molecule has 1 N–H and O–H groups in total. The highest BCUT2D eigenvalue weighted by Gasteiger charge is 2.25. The molecule has 2 saturated carbocycles. The fourth-order valence-electron chi connectivity index (χ4n) is 3.31. The standard InChI is InChI=1S/C16H27N3/c1-3-13-4-6-14(7-5-13)11-19-10-12(2)17-16(19)18-15-8-9-15/h10,13-15H,3-9,11H2,1-2H3,(H,17,18). The van der Waals surface area contributed by atoms with Crippen molar-refractivity contribution >= 4 is 5.95 Å². The second kappa shape index (κ2) is 5.56. The van der Waals surface area contributed by atoms with Crippen LogP contribution in [-0.2, 0) is 6.54 Å². The molecule has 106 valence electrons. The third-order valence-corrected chi connectivity index (χ3v) is 4.81. The normalized spacial score (nSPS) is 27.5. The molecular formula is C16H27N3. The Morgan fingerprint density at radius 1 is 1.16 bits per heavy atom. The van der Waals surface area contributed by atoms with Gasteiger partial charge in [0.15, 0.2) is 0 Å². The van der Waals surface area contributed by atoms with Crippen molar-refractivity contribution in [2.75, 3.05) is 5.32 Å². The van der Waals surface area contributed by atoms with Crippen molar-refractivity contribution in [1.29, 1.82) is 0 Å². The average Bonchev–Trinajstić information content (AvgIpc) is 3.15. The largest absolute Gasteiger partial charge is 0.353 e. The molecule has 0 amide bonds. The topological polar surface area (TPSA) is 29.9 Å². The van der Waals surface area contributed by atoms with Gasteiger partial charge >= 0.3 is 0 Å². The summed E-state index contributed by atoms with van der Waals surface area (Å²) in [6, 6.07) is 0.691. The van der Waals surface area contributed by atoms with E-state index in [4.69, 9.17) is 0 Å². The summed E-state index contributed by atoms with van der Waals surface area (Å²) in [5.74, 6) is 2.96. The van der Waals surface area contributed by atoms with Crippen LogP contribution in [0.4, 0.5) is 5.95 Å². The van der Waals surface area contributed by atoms with Crippen molar-refractivity contribution in [3.63, 3.8) is 0 Å². The van der Waals surface area contributed by atoms with Gasteiger partial charge in [0.1, 0.15) is 0 Å².